The van der Waals surface area contributed by atoms with Crippen LogP contribution < -0.4 is 16.2 Å². The highest BCUT2D eigenvalue weighted by molar-refractivity contribution is 5.78. The number of hydrogen-bond acceptors (Lipinski definition) is 7. The third kappa shape index (κ3) is 3.71. The molecule has 110 valence electrons. The predicted octanol–water partition coefficient (Wildman–Crippen LogP) is 2.83. The van der Waals surface area contributed by atoms with Crippen molar-refractivity contribution in [3.63, 3.8) is 0 Å². The normalized spacial score (nSPS) is 10.9. The largest absolute Gasteiger partial charge is 0.769 e. The Hall–Kier alpha value is -2.58. The smallest absolute Gasteiger partial charge is 0.103 e. The van der Waals surface area contributed by atoms with Crippen LogP contribution in [0.2, 0.25) is 0 Å². The topological polar surface area (TPSA) is 119 Å². The summed E-state index contributed by atoms with van der Waals surface area (Å²) >= 11 is 0. The second-order valence-electron chi connectivity index (χ2n) is 4.29. The standard InChI is InChI=1S/C14H13N3O4/c15-12-6-5-11(14(9-12)17(20)21)4-1-10-2-7-13(8-3-10)16(18)19/h1-9,20-21H,15H2/q-2. The first-order valence-corrected chi connectivity index (χ1v) is 5.97. The molecule has 7 nitrogen and oxygen atoms in total. The van der Waals surface area contributed by atoms with Crippen molar-refractivity contribution < 1.29 is 10.4 Å². The number of benzene rings is 2. The van der Waals surface area contributed by atoms with Crippen molar-refractivity contribution in [2.24, 2.45) is 0 Å². The number of nitrogens with zero attached hydrogens (tertiary/aromatic N) is 2. The van der Waals surface area contributed by atoms with Gasteiger partial charge in [-0.3, -0.25) is 10.4 Å². The molecule has 0 aliphatic carbocycles. The van der Waals surface area contributed by atoms with Gasteiger partial charge in [-0.1, -0.05) is 30.4 Å². The zero-order chi connectivity index (χ0) is 15.4. The lowest BCUT2D eigenvalue weighted by Gasteiger charge is -2.37. The first-order chi connectivity index (χ1) is 9.97. The van der Waals surface area contributed by atoms with Crippen LogP contribution in [0, 0.1) is 10.4 Å². The van der Waals surface area contributed by atoms with Gasteiger partial charge in [0.15, 0.2) is 0 Å². The molecule has 2 aromatic rings. The number of rotatable bonds is 4. The van der Waals surface area contributed by atoms with Gasteiger partial charge in [0.2, 0.25) is 0 Å². The molecular formula is C14H13N3O4-2. The van der Waals surface area contributed by atoms with E-state index in [2.05, 4.69) is 0 Å². The van der Waals surface area contributed by atoms with E-state index in [9.17, 15) is 10.4 Å². The van der Waals surface area contributed by atoms with Crippen molar-refractivity contribution >= 4 is 29.2 Å². The Bertz CT molecular complexity index is 639. The van der Waals surface area contributed by atoms with Crippen molar-refractivity contribution in [3.8, 4) is 0 Å². The number of hydrogen-bond donors (Lipinski definition) is 3. The number of anilines is 3. The maximum atomic E-state index is 10.6. The van der Waals surface area contributed by atoms with Crippen molar-refractivity contribution in [1.29, 1.82) is 0 Å². The minimum absolute atomic E-state index is 0.00807. The van der Waals surface area contributed by atoms with Crippen molar-refractivity contribution in [2.75, 3.05) is 16.2 Å². The highest BCUT2D eigenvalue weighted by Crippen LogP contribution is 2.24. The molecule has 0 amide bonds. The van der Waals surface area contributed by atoms with E-state index in [1.807, 2.05) is 0 Å². The Morgan fingerprint density at radius 1 is 0.952 bits per heavy atom. The Morgan fingerprint density at radius 2 is 1.62 bits per heavy atom. The molecule has 0 aromatic heterocycles. The van der Waals surface area contributed by atoms with Crippen LogP contribution >= 0.6 is 0 Å². The van der Waals surface area contributed by atoms with Gasteiger partial charge in [0.1, 0.15) is 5.69 Å². The van der Waals surface area contributed by atoms with E-state index in [1.165, 1.54) is 18.2 Å². The van der Waals surface area contributed by atoms with Crippen LogP contribution in [0.3, 0.4) is 0 Å². The van der Waals surface area contributed by atoms with Crippen LogP contribution in [0.4, 0.5) is 17.1 Å². The van der Waals surface area contributed by atoms with Gasteiger partial charge in [-0.2, -0.15) is 0 Å². The van der Waals surface area contributed by atoms with E-state index in [1.54, 1.807) is 36.4 Å². The lowest BCUT2D eigenvalue weighted by molar-refractivity contribution is 0.0291. The van der Waals surface area contributed by atoms with Gasteiger partial charge in [0.05, 0.1) is 0 Å². The van der Waals surface area contributed by atoms with E-state index in [-0.39, 0.29) is 16.6 Å². The summed E-state index contributed by atoms with van der Waals surface area (Å²) in [5.74, 6) is 0. The van der Waals surface area contributed by atoms with Gasteiger partial charge in [0, 0.05) is 16.9 Å². The average Bonchev–Trinajstić information content (AvgIpc) is 2.46. The number of nitrogens with two attached hydrogens (primary N) is 1. The Morgan fingerprint density at radius 3 is 2.19 bits per heavy atom. The molecule has 0 spiro atoms. The summed E-state index contributed by atoms with van der Waals surface area (Å²) in [6, 6.07) is 10.7. The minimum Gasteiger partial charge on any atom is -0.769 e. The molecule has 0 aliphatic rings. The van der Waals surface area contributed by atoms with Crippen LogP contribution in [0.5, 0.6) is 0 Å². The zero-order valence-corrected chi connectivity index (χ0v) is 10.9. The van der Waals surface area contributed by atoms with Crippen LogP contribution in [0.15, 0.2) is 42.5 Å². The monoisotopic (exact) mass is 287 g/mol. The van der Waals surface area contributed by atoms with Gasteiger partial charge in [0.25, 0.3) is 0 Å². The van der Waals surface area contributed by atoms with Crippen LogP contribution in [-0.2, 0) is 0 Å². The molecule has 21 heavy (non-hydrogen) atoms. The first-order valence-electron chi connectivity index (χ1n) is 5.97. The van der Waals surface area contributed by atoms with Crippen molar-refractivity contribution in [1.82, 2.24) is 0 Å². The molecule has 0 atom stereocenters. The summed E-state index contributed by atoms with van der Waals surface area (Å²) in [5, 5.41) is 38.9. The third-order valence-electron chi connectivity index (χ3n) is 2.83. The molecule has 2 aromatic carbocycles. The van der Waals surface area contributed by atoms with E-state index < -0.39 is 5.23 Å². The van der Waals surface area contributed by atoms with Gasteiger partial charge in [-0.15, -0.1) is 5.23 Å². The van der Waals surface area contributed by atoms with Crippen molar-refractivity contribution in [2.45, 2.75) is 0 Å². The Balaban J connectivity index is 2.25. The summed E-state index contributed by atoms with van der Waals surface area (Å²) in [7, 11) is 0. The molecule has 0 saturated carbocycles. The van der Waals surface area contributed by atoms with E-state index >= 15 is 0 Å². The Kier molecular flexibility index (Phi) is 4.41. The van der Waals surface area contributed by atoms with Crippen molar-refractivity contribution in [3.05, 3.63) is 64.0 Å². The lowest BCUT2D eigenvalue weighted by Crippen LogP contribution is -2.12. The molecule has 2 rings (SSSR count). The summed E-state index contributed by atoms with van der Waals surface area (Å²) < 4.78 is 0. The van der Waals surface area contributed by atoms with Gasteiger partial charge >= 0.3 is 0 Å². The van der Waals surface area contributed by atoms with E-state index in [0.717, 1.165) is 5.56 Å². The van der Waals surface area contributed by atoms with Crippen LogP contribution in [-0.4, -0.2) is 10.4 Å². The third-order valence-corrected chi connectivity index (χ3v) is 2.83. The quantitative estimate of drug-likeness (QED) is 0.449. The molecule has 0 saturated heterocycles. The summed E-state index contributed by atoms with van der Waals surface area (Å²) in [6.45, 7) is 0. The maximum Gasteiger partial charge on any atom is 0.103 e. The molecule has 0 radical (unpaired) electrons. The van der Waals surface area contributed by atoms with Gasteiger partial charge < -0.3 is 21.4 Å². The average molecular weight is 287 g/mol. The molecule has 0 heterocycles. The first kappa shape index (κ1) is 14.8. The fourth-order valence-corrected chi connectivity index (χ4v) is 1.77. The zero-order valence-electron chi connectivity index (χ0n) is 10.9. The highest BCUT2D eigenvalue weighted by atomic mass is 16.8. The summed E-state index contributed by atoms with van der Waals surface area (Å²) in [4.78, 5) is 0. The molecule has 0 bridgehead atoms. The van der Waals surface area contributed by atoms with Crippen LogP contribution in [0.25, 0.3) is 12.2 Å². The second kappa shape index (κ2) is 6.25. The molecule has 7 heteroatoms. The van der Waals surface area contributed by atoms with Gasteiger partial charge in [-0.25, -0.2) is 0 Å². The minimum atomic E-state index is -0.471. The van der Waals surface area contributed by atoms with E-state index in [4.69, 9.17) is 16.1 Å². The summed E-state index contributed by atoms with van der Waals surface area (Å²) in [5.41, 5.74) is 7.39. The SMILES string of the molecule is Nc1ccc(C=Cc2ccc(N([O-])[O-])cc2)c(N(O)O)c1. The predicted molar refractivity (Wildman–Crippen MR) is 81.5 cm³/mol. The summed E-state index contributed by atoms with van der Waals surface area (Å²) in [6.07, 6.45) is 3.34. The maximum absolute atomic E-state index is 10.6. The fourth-order valence-electron chi connectivity index (χ4n) is 1.77. The molecule has 0 unspecified atom stereocenters. The molecular weight excluding hydrogens is 274 g/mol. The lowest BCUT2D eigenvalue weighted by atomic mass is 10.1. The highest BCUT2D eigenvalue weighted by Gasteiger charge is 2.05. The molecule has 0 aliphatic heterocycles. The molecule has 4 N–H and O–H groups in total. The fraction of sp³-hybridized carbons (Fsp3) is 0. The van der Waals surface area contributed by atoms with Crippen LogP contribution in [0.1, 0.15) is 11.1 Å². The number of nitrogen functional groups attached to an aromatic ring is 1. The van der Waals surface area contributed by atoms with Gasteiger partial charge in [-0.05, 0) is 29.8 Å². The Labute approximate surface area is 120 Å². The van der Waals surface area contributed by atoms with E-state index in [0.29, 0.717) is 11.3 Å². The molecule has 0 fully saturated rings. The second-order valence-corrected chi connectivity index (χ2v) is 4.29.